The highest BCUT2D eigenvalue weighted by molar-refractivity contribution is 6.16. The first kappa shape index (κ1) is 31.0. The third-order valence-electron chi connectivity index (χ3n) is 6.92. The molecule has 1 aliphatic heterocycles. The lowest BCUT2D eigenvalue weighted by molar-refractivity contribution is -0.139. The molecule has 5 N–H and O–H groups in total. The molecule has 43 heavy (non-hydrogen) atoms. The van der Waals surface area contributed by atoms with E-state index < -0.39 is 17.6 Å². The van der Waals surface area contributed by atoms with E-state index in [0.29, 0.717) is 35.6 Å². The number of carbonyl (C=O) groups is 2. The number of benzene rings is 2. The van der Waals surface area contributed by atoms with Gasteiger partial charge in [-0.1, -0.05) is 30.8 Å². The summed E-state index contributed by atoms with van der Waals surface area (Å²) in [5.74, 6) is -0.673. The Morgan fingerprint density at radius 2 is 1.91 bits per heavy atom. The number of nitrogen functional groups attached to an aromatic ring is 1. The first-order valence-corrected chi connectivity index (χ1v) is 13.6. The molecule has 226 valence electrons. The van der Waals surface area contributed by atoms with Crippen LogP contribution in [0.5, 0.6) is 5.75 Å². The van der Waals surface area contributed by atoms with Gasteiger partial charge in [-0.15, -0.1) is 0 Å². The van der Waals surface area contributed by atoms with Gasteiger partial charge in [-0.2, -0.15) is 13.2 Å². The lowest BCUT2D eigenvalue weighted by atomic mass is 10.0. The maximum absolute atomic E-state index is 13.5. The highest BCUT2D eigenvalue weighted by Gasteiger charge is 2.35. The molecule has 10 nitrogen and oxygen atoms in total. The number of aromatic nitrogens is 2. The molecule has 3 aromatic rings. The Morgan fingerprint density at radius 1 is 1.19 bits per heavy atom. The second-order valence-corrected chi connectivity index (χ2v) is 9.85. The largest absolute Gasteiger partial charge is 0.493 e. The van der Waals surface area contributed by atoms with Gasteiger partial charge in [0.2, 0.25) is 5.91 Å². The highest BCUT2D eigenvalue weighted by atomic mass is 19.4. The number of alkyl halides is 3. The van der Waals surface area contributed by atoms with Crippen molar-refractivity contribution in [1.29, 1.82) is 5.41 Å². The lowest BCUT2D eigenvalue weighted by Crippen LogP contribution is -2.44. The number of nitrogens with one attached hydrogen (secondary N) is 3. The summed E-state index contributed by atoms with van der Waals surface area (Å²) in [7, 11) is 0. The van der Waals surface area contributed by atoms with Gasteiger partial charge in [0.1, 0.15) is 23.7 Å². The number of halogens is 3. The van der Waals surface area contributed by atoms with Crippen LogP contribution in [-0.4, -0.2) is 58.1 Å². The zero-order valence-electron chi connectivity index (χ0n) is 23.5. The Morgan fingerprint density at radius 3 is 2.58 bits per heavy atom. The molecule has 0 spiro atoms. The van der Waals surface area contributed by atoms with Crippen LogP contribution in [0.15, 0.2) is 61.4 Å². The molecule has 4 rings (SSSR count). The van der Waals surface area contributed by atoms with Crippen molar-refractivity contribution in [2.24, 2.45) is 0 Å². The van der Waals surface area contributed by atoms with E-state index in [2.05, 4.69) is 27.2 Å². The smallest absolute Gasteiger partial charge is 0.419 e. The molecule has 0 saturated carbocycles. The fourth-order valence-corrected chi connectivity index (χ4v) is 4.76. The zero-order chi connectivity index (χ0) is 31.1. The first-order chi connectivity index (χ1) is 20.5. The van der Waals surface area contributed by atoms with Crippen LogP contribution < -0.4 is 21.1 Å². The number of amides is 2. The van der Waals surface area contributed by atoms with E-state index >= 15 is 0 Å². The minimum Gasteiger partial charge on any atom is -0.493 e. The van der Waals surface area contributed by atoms with Crippen molar-refractivity contribution in [2.45, 2.75) is 38.5 Å². The van der Waals surface area contributed by atoms with Gasteiger partial charge in [-0.25, -0.2) is 9.97 Å². The van der Waals surface area contributed by atoms with E-state index in [1.54, 1.807) is 36.1 Å². The molecule has 1 aliphatic rings. The fraction of sp³-hybridized carbons (Fsp3) is 0.300. The van der Waals surface area contributed by atoms with E-state index in [0.717, 1.165) is 25.0 Å². The molecule has 1 atom stereocenters. The molecule has 13 heteroatoms. The Kier molecular flexibility index (Phi) is 9.63. The van der Waals surface area contributed by atoms with Crippen LogP contribution in [0.1, 0.15) is 52.4 Å². The average molecular weight is 596 g/mol. The fourth-order valence-electron chi connectivity index (χ4n) is 4.76. The van der Waals surface area contributed by atoms with Crippen LogP contribution >= 0.6 is 0 Å². The summed E-state index contributed by atoms with van der Waals surface area (Å²) in [6.45, 7) is 6.32. The number of hydrogen-bond acceptors (Lipinski definition) is 8. The zero-order valence-corrected chi connectivity index (χ0v) is 23.5. The van der Waals surface area contributed by atoms with Crippen molar-refractivity contribution in [3.63, 3.8) is 0 Å². The second-order valence-electron chi connectivity index (χ2n) is 9.85. The van der Waals surface area contributed by atoms with E-state index in [-0.39, 0.29) is 47.9 Å². The molecule has 1 aromatic heterocycles. The molecule has 1 unspecified atom stereocenters. The SMILES string of the molecule is C=CC(=O)N1CCCC(Nc2ncnc(N)c2C(=N)c2ccc(CNC(=O)c3ccc(OCC)c(C(F)(F)F)c3)cc2)C1. The van der Waals surface area contributed by atoms with Crippen LogP contribution in [0.2, 0.25) is 0 Å². The number of piperidine rings is 1. The van der Waals surface area contributed by atoms with Gasteiger partial charge in [-0.05, 0) is 49.6 Å². The van der Waals surface area contributed by atoms with Gasteiger partial charge in [0, 0.05) is 36.8 Å². The van der Waals surface area contributed by atoms with Gasteiger partial charge in [0.15, 0.2) is 0 Å². The second kappa shape index (κ2) is 13.4. The Balaban J connectivity index is 1.44. The molecular weight excluding hydrogens is 563 g/mol. The van der Waals surface area contributed by atoms with E-state index in [1.165, 1.54) is 18.5 Å². The van der Waals surface area contributed by atoms with Crippen molar-refractivity contribution in [2.75, 3.05) is 30.7 Å². The number of rotatable bonds is 10. The van der Waals surface area contributed by atoms with Gasteiger partial charge < -0.3 is 26.0 Å². The number of nitrogens with two attached hydrogens (primary N) is 1. The summed E-state index contributed by atoms with van der Waals surface area (Å²) in [6, 6.07) is 9.80. The third kappa shape index (κ3) is 7.48. The summed E-state index contributed by atoms with van der Waals surface area (Å²) in [4.78, 5) is 34.8. The van der Waals surface area contributed by atoms with Crippen molar-refractivity contribution in [3.8, 4) is 5.75 Å². The predicted octanol–water partition coefficient (Wildman–Crippen LogP) is 4.41. The predicted molar refractivity (Wildman–Crippen MR) is 156 cm³/mol. The van der Waals surface area contributed by atoms with Gasteiger partial charge >= 0.3 is 6.18 Å². The molecule has 2 heterocycles. The van der Waals surface area contributed by atoms with Crippen LogP contribution in [0.25, 0.3) is 0 Å². The van der Waals surface area contributed by atoms with Crippen molar-refractivity contribution >= 4 is 29.2 Å². The molecule has 2 aromatic carbocycles. The minimum absolute atomic E-state index is 0.0476. The summed E-state index contributed by atoms with van der Waals surface area (Å²) >= 11 is 0. The minimum atomic E-state index is -4.68. The first-order valence-electron chi connectivity index (χ1n) is 13.6. The summed E-state index contributed by atoms with van der Waals surface area (Å²) < 4.78 is 45.4. The topological polar surface area (TPSA) is 146 Å². The highest BCUT2D eigenvalue weighted by Crippen LogP contribution is 2.37. The molecule has 0 bridgehead atoms. The normalized spacial score (nSPS) is 15.0. The summed E-state index contributed by atoms with van der Waals surface area (Å²) in [5.41, 5.74) is 6.54. The lowest BCUT2D eigenvalue weighted by Gasteiger charge is -2.33. The molecular formula is C30H32F3N7O3. The Hall–Kier alpha value is -4.94. The molecule has 1 fully saturated rings. The average Bonchev–Trinajstić information content (AvgIpc) is 2.99. The van der Waals surface area contributed by atoms with Crippen molar-refractivity contribution in [1.82, 2.24) is 20.2 Å². The third-order valence-corrected chi connectivity index (χ3v) is 6.92. The number of anilines is 2. The number of ether oxygens (including phenoxy) is 1. The van der Waals surface area contributed by atoms with Crippen LogP contribution in [-0.2, 0) is 17.5 Å². The molecule has 0 radical (unpaired) electrons. The summed E-state index contributed by atoms with van der Waals surface area (Å²) in [6.07, 6.45) is -0.495. The number of likely N-dealkylation sites (tertiary alicyclic amines) is 1. The summed E-state index contributed by atoms with van der Waals surface area (Å²) in [5, 5.41) is 14.8. The maximum atomic E-state index is 13.5. The number of hydrogen-bond donors (Lipinski definition) is 4. The van der Waals surface area contributed by atoms with E-state index in [1.807, 2.05) is 0 Å². The van der Waals surface area contributed by atoms with E-state index in [9.17, 15) is 22.8 Å². The van der Waals surface area contributed by atoms with Gasteiger partial charge in [0.25, 0.3) is 5.91 Å². The molecule has 0 aliphatic carbocycles. The quantitative estimate of drug-likeness (QED) is 0.201. The van der Waals surface area contributed by atoms with Crippen LogP contribution in [0.4, 0.5) is 24.8 Å². The maximum Gasteiger partial charge on any atom is 0.419 e. The standard InChI is InChI=1S/C30H32F3N7O3/c1-3-24(41)40-13-5-6-21(16-40)39-28-25(27(35)37-17-38-28)26(34)19-9-7-18(8-10-19)15-36-29(42)20-11-12-23(43-4-2)22(14-20)30(31,32)33/h3,7-12,14,17,21,34H,1,4-6,13,15-16H2,2H3,(H,36,42)(H3,35,37,38,39). The Labute approximate surface area is 246 Å². The number of carbonyl (C=O) groups excluding carboxylic acids is 2. The van der Waals surface area contributed by atoms with Crippen LogP contribution in [0.3, 0.4) is 0 Å². The van der Waals surface area contributed by atoms with Crippen molar-refractivity contribution in [3.05, 3.63) is 89.3 Å². The van der Waals surface area contributed by atoms with Crippen LogP contribution in [0, 0.1) is 5.41 Å². The van der Waals surface area contributed by atoms with Crippen molar-refractivity contribution < 1.29 is 27.5 Å². The van der Waals surface area contributed by atoms with E-state index in [4.69, 9.17) is 15.9 Å². The molecule has 2 amide bonds. The monoisotopic (exact) mass is 595 g/mol. The van der Waals surface area contributed by atoms with Gasteiger partial charge in [0.05, 0.1) is 23.4 Å². The molecule has 1 saturated heterocycles. The van der Waals surface area contributed by atoms with Gasteiger partial charge in [-0.3, -0.25) is 15.0 Å². The Bertz CT molecular complexity index is 1510. The number of nitrogens with zero attached hydrogens (tertiary/aromatic N) is 3.